The Balaban J connectivity index is 1.79. The zero-order valence-electron chi connectivity index (χ0n) is 22.8. The van der Waals surface area contributed by atoms with Crippen LogP contribution in [0.1, 0.15) is 38.8 Å². The van der Waals surface area contributed by atoms with Crippen LogP contribution in [-0.2, 0) is 14.3 Å². The molecule has 4 N–H and O–H groups in total. The molecule has 3 amide bonds. The van der Waals surface area contributed by atoms with Gasteiger partial charge < -0.3 is 30.9 Å². The molecule has 1 aliphatic heterocycles. The molecule has 0 fully saturated rings. The Morgan fingerprint density at radius 2 is 1.68 bits per heavy atom. The van der Waals surface area contributed by atoms with Crippen LogP contribution in [0.2, 0.25) is 0 Å². The number of rotatable bonds is 9. The SMILES string of the molecule is CCOC(=O)c1ccc2c(c1)NC(=O)/C2=C(/Nc1ccc(N(C)C(=O)CN(C)C)c(C(N)=O)c1)c1ccccc1. The Morgan fingerprint density at radius 1 is 0.950 bits per heavy atom. The number of hydrogen-bond acceptors (Lipinski definition) is 7. The van der Waals surface area contributed by atoms with Gasteiger partial charge in [-0.1, -0.05) is 36.4 Å². The molecule has 0 aromatic heterocycles. The fraction of sp³-hybridized carbons (Fsp3) is 0.200. The lowest BCUT2D eigenvalue weighted by Crippen LogP contribution is -2.36. The molecule has 0 saturated carbocycles. The van der Waals surface area contributed by atoms with Gasteiger partial charge in [-0.2, -0.15) is 0 Å². The maximum Gasteiger partial charge on any atom is 0.338 e. The molecule has 10 heteroatoms. The largest absolute Gasteiger partial charge is 0.462 e. The number of primary amides is 1. The maximum atomic E-state index is 13.3. The predicted molar refractivity (Wildman–Crippen MR) is 155 cm³/mol. The van der Waals surface area contributed by atoms with Gasteiger partial charge in [0.05, 0.1) is 46.9 Å². The Labute approximate surface area is 232 Å². The summed E-state index contributed by atoms with van der Waals surface area (Å²) in [6, 6.07) is 19.1. The molecule has 1 aliphatic rings. The number of fused-ring (bicyclic) bond motifs is 1. The molecule has 0 atom stereocenters. The first kappa shape index (κ1) is 28.1. The van der Waals surface area contributed by atoms with Crippen LogP contribution in [-0.4, -0.2) is 62.9 Å². The van der Waals surface area contributed by atoms with E-state index in [4.69, 9.17) is 10.5 Å². The number of nitrogens with two attached hydrogens (primary N) is 1. The summed E-state index contributed by atoms with van der Waals surface area (Å²) in [5, 5.41) is 6.13. The van der Waals surface area contributed by atoms with Crippen LogP contribution in [0, 0.1) is 0 Å². The highest BCUT2D eigenvalue weighted by atomic mass is 16.5. The average Bonchev–Trinajstić information content (AvgIpc) is 3.26. The van der Waals surface area contributed by atoms with Gasteiger partial charge in [0.25, 0.3) is 11.8 Å². The highest BCUT2D eigenvalue weighted by Crippen LogP contribution is 2.38. The smallest absolute Gasteiger partial charge is 0.338 e. The third-order valence-electron chi connectivity index (χ3n) is 6.31. The van der Waals surface area contributed by atoms with Crippen LogP contribution in [0.25, 0.3) is 11.3 Å². The van der Waals surface area contributed by atoms with Crippen LogP contribution in [0.3, 0.4) is 0 Å². The Bertz CT molecular complexity index is 1510. The zero-order chi connectivity index (χ0) is 29.0. The van der Waals surface area contributed by atoms with Crippen molar-refractivity contribution in [3.05, 3.63) is 89.0 Å². The molecule has 0 unspecified atom stereocenters. The van der Waals surface area contributed by atoms with Gasteiger partial charge in [0.1, 0.15) is 0 Å². The molecular formula is C30H31N5O5. The molecule has 10 nitrogen and oxygen atoms in total. The lowest BCUT2D eigenvalue weighted by molar-refractivity contribution is -0.119. The third kappa shape index (κ3) is 5.87. The number of ether oxygens (including phenoxy) is 1. The summed E-state index contributed by atoms with van der Waals surface area (Å²) in [6.07, 6.45) is 0. The van der Waals surface area contributed by atoms with Crippen molar-refractivity contribution < 1.29 is 23.9 Å². The topological polar surface area (TPSA) is 134 Å². The van der Waals surface area contributed by atoms with E-state index in [0.717, 1.165) is 5.56 Å². The van der Waals surface area contributed by atoms with Crippen molar-refractivity contribution in [2.75, 3.05) is 49.8 Å². The number of carbonyl (C=O) groups excluding carboxylic acids is 4. The minimum atomic E-state index is -0.701. The van der Waals surface area contributed by atoms with Crippen molar-refractivity contribution in [3.8, 4) is 0 Å². The standard InChI is InChI=1S/C30H31N5O5/c1-5-40-30(39)19-11-13-21-23(15-19)33-29(38)26(21)27(18-9-7-6-8-10-18)32-20-12-14-24(22(16-20)28(31)37)35(4)25(36)17-34(2)3/h6-16,32H,5,17H2,1-4H3,(H2,31,37)(H,33,38)/b27-26+. The Kier molecular flexibility index (Phi) is 8.30. The fourth-order valence-corrected chi connectivity index (χ4v) is 4.41. The van der Waals surface area contributed by atoms with Gasteiger partial charge in [0.2, 0.25) is 5.91 Å². The average molecular weight is 542 g/mol. The number of hydrogen-bond donors (Lipinski definition) is 3. The molecule has 0 aliphatic carbocycles. The highest BCUT2D eigenvalue weighted by molar-refractivity contribution is 6.37. The summed E-state index contributed by atoms with van der Waals surface area (Å²) in [5.41, 5.74) is 9.68. The van der Waals surface area contributed by atoms with E-state index in [1.54, 1.807) is 69.4 Å². The summed E-state index contributed by atoms with van der Waals surface area (Å²) in [7, 11) is 5.14. The molecule has 3 aromatic rings. The molecule has 0 spiro atoms. The number of nitrogens with one attached hydrogen (secondary N) is 2. The quantitative estimate of drug-likeness (QED) is 0.279. The van der Waals surface area contributed by atoms with Gasteiger partial charge in [-0.3, -0.25) is 14.4 Å². The van der Waals surface area contributed by atoms with E-state index in [1.807, 2.05) is 30.3 Å². The maximum absolute atomic E-state index is 13.3. The van der Waals surface area contributed by atoms with E-state index in [2.05, 4.69) is 10.6 Å². The van der Waals surface area contributed by atoms with Gasteiger partial charge in [-0.25, -0.2) is 4.79 Å². The molecule has 40 heavy (non-hydrogen) atoms. The number of anilines is 3. The van der Waals surface area contributed by atoms with Gasteiger partial charge in [-0.05, 0) is 56.9 Å². The second-order valence-corrected chi connectivity index (χ2v) is 9.46. The van der Waals surface area contributed by atoms with Crippen LogP contribution in [0.4, 0.5) is 17.1 Å². The molecule has 0 radical (unpaired) electrons. The first-order valence-corrected chi connectivity index (χ1v) is 12.7. The lowest BCUT2D eigenvalue weighted by atomic mass is 9.98. The molecule has 0 bridgehead atoms. The van der Waals surface area contributed by atoms with Crippen molar-refractivity contribution in [1.29, 1.82) is 0 Å². The molecule has 0 saturated heterocycles. The van der Waals surface area contributed by atoms with E-state index in [1.165, 1.54) is 4.90 Å². The van der Waals surface area contributed by atoms with Gasteiger partial charge in [0.15, 0.2) is 0 Å². The lowest BCUT2D eigenvalue weighted by Gasteiger charge is -2.23. The summed E-state index contributed by atoms with van der Waals surface area (Å²) in [6.45, 7) is 2.12. The molecule has 3 aromatic carbocycles. The number of esters is 1. The third-order valence-corrected chi connectivity index (χ3v) is 6.31. The molecule has 1 heterocycles. The molecular weight excluding hydrogens is 510 g/mol. The zero-order valence-corrected chi connectivity index (χ0v) is 22.8. The predicted octanol–water partition coefficient (Wildman–Crippen LogP) is 3.42. The Hall–Kier alpha value is -4.96. The number of nitrogens with zero attached hydrogens (tertiary/aromatic N) is 2. The first-order valence-electron chi connectivity index (χ1n) is 12.7. The van der Waals surface area contributed by atoms with Crippen molar-refractivity contribution >= 4 is 52.0 Å². The minimum Gasteiger partial charge on any atom is -0.462 e. The van der Waals surface area contributed by atoms with E-state index in [9.17, 15) is 19.2 Å². The first-order chi connectivity index (χ1) is 19.1. The summed E-state index contributed by atoms with van der Waals surface area (Å²) in [4.78, 5) is 53.7. The summed E-state index contributed by atoms with van der Waals surface area (Å²) in [5.74, 6) is -1.75. The van der Waals surface area contributed by atoms with E-state index >= 15 is 0 Å². The van der Waals surface area contributed by atoms with E-state index in [-0.39, 0.29) is 30.5 Å². The molecule has 206 valence electrons. The monoisotopic (exact) mass is 541 g/mol. The van der Waals surface area contributed by atoms with Crippen LogP contribution >= 0.6 is 0 Å². The van der Waals surface area contributed by atoms with Gasteiger partial charge >= 0.3 is 5.97 Å². The van der Waals surface area contributed by atoms with Crippen molar-refractivity contribution in [3.63, 3.8) is 0 Å². The highest BCUT2D eigenvalue weighted by Gasteiger charge is 2.30. The van der Waals surface area contributed by atoms with Crippen molar-refractivity contribution in [2.24, 2.45) is 5.73 Å². The Morgan fingerprint density at radius 3 is 2.33 bits per heavy atom. The van der Waals surface area contributed by atoms with E-state index in [0.29, 0.717) is 39.5 Å². The number of amides is 3. The van der Waals surface area contributed by atoms with Crippen LogP contribution in [0.15, 0.2) is 66.7 Å². The summed E-state index contributed by atoms with van der Waals surface area (Å²) < 4.78 is 5.09. The van der Waals surface area contributed by atoms with Crippen LogP contribution in [0.5, 0.6) is 0 Å². The fourth-order valence-electron chi connectivity index (χ4n) is 4.41. The van der Waals surface area contributed by atoms with Crippen LogP contribution < -0.4 is 21.3 Å². The van der Waals surface area contributed by atoms with Gasteiger partial charge in [-0.15, -0.1) is 0 Å². The second-order valence-electron chi connectivity index (χ2n) is 9.46. The normalized spacial score (nSPS) is 13.4. The second kappa shape index (κ2) is 11.8. The van der Waals surface area contributed by atoms with Crippen molar-refractivity contribution in [1.82, 2.24) is 4.90 Å². The minimum absolute atomic E-state index is 0.146. The summed E-state index contributed by atoms with van der Waals surface area (Å²) >= 11 is 0. The van der Waals surface area contributed by atoms with Gasteiger partial charge in [0, 0.05) is 18.3 Å². The number of benzene rings is 3. The molecule has 4 rings (SSSR count). The number of carbonyl (C=O) groups is 4. The number of likely N-dealkylation sites (N-methyl/N-ethyl adjacent to an activating group) is 2. The van der Waals surface area contributed by atoms with E-state index < -0.39 is 11.9 Å². The van der Waals surface area contributed by atoms with Crippen molar-refractivity contribution in [2.45, 2.75) is 6.92 Å².